The van der Waals surface area contributed by atoms with Gasteiger partial charge < -0.3 is 10.1 Å². The molecular formula is C17H25N3O. The van der Waals surface area contributed by atoms with Gasteiger partial charge in [-0.05, 0) is 38.4 Å². The molecule has 0 amide bonds. The molecule has 0 saturated heterocycles. The van der Waals surface area contributed by atoms with Crippen LogP contribution in [-0.2, 0) is 18.2 Å². The first-order valence-corrected chi connectivity index (χ1v) is 7.57. The monoisotopic (exact) mass is 287 g/mol. The van der Waals surface area contributed by atoms with E-state index in [0.29, 0.717) is 6.61 Å². The first kappa shape index (κ1) is 15.7. The Hall–Kier alpha value is -1.65. The number of rotatable bonds is 8. The zero-order valence-corrected chi connectivity index (χ0v) is 13.1. The Bertz CT molecular complexity index is 524. The van der Waals surface area contributed by atoms with Crippen LogP contribution in [0.4, 0.5) is 0 Å². The van der Waals surface area contributed by atoms with Gasteiger partial charge >= 0.3 is 0 Å². The molecule has 0 aliphatic rings. The summed E-state index contributed by atoms with van der Waals surface area (Å²) in [5, 5.41) is 7.64. The SMILES string of the molecule is CCOC(c1ccccc1)C(CCc1ccnn1C)NC. The quantitative estimate of drug-likeness (QED) is 0.811. The standard InChI is InChI=1S/C17H25N3O/c1-4-21-17(14-8-6-5-7-9-14)16(18-2)11-10-15-12-13-19-20(15)3/h5-9,12-13,16-18H,4,10-11H2,1-3H3. The van der Waals surface area contributed by atoms with Gasteiger partial charge in [-0.3, -0.25) is 4.68 Å². The van der Waals surface area contributed by atoms with Crippen LogP contribution in [0.1, 0.15) is 30.7 Å². The lowest BCUT2D eigenvalue weighted by atomic mass is 9.97. The van der Waals surface area contributed by atoms with E-state index in [9.17, 15) is 0 Å². The molecule has 21 heavy (non-hydrogen) atoms. The van der Waals surface area contributed by atoms with Crippen molar-refractivity contribution in [1.82, 2.24) is 15.1 Å². The molecule has 2 rings (SSSR count). The van der Waals surface area contributed by atoms with Gasteiger partial charge in [-0.15, -0.1) is 0 Å². The predicted octanol–water partition coefficient (Wildman–Crippen LogP) is 2.72. The Kier molecular flexibility index (Phi) is 5.96. The Labute approximate surface area is 127 Å². The summed E-state index contributed by atoms with van der Waals surface area (Å²) in [5.41, 5.74) is 2.47. The fourth-order valence-corrected chi connectivity index (χ4v) is 2.66. The summed E-state index contributed by atoms with van der Waals surface area (Å²) in [6.07, 6.45) is 3.92. The van der Waals surface area contributed by atoms with Crippen LogP contribution in [-0.4, -0.2) is 29.5 Å². The third kappa shape index (κ3) is 4.16. The van der Waals surface area contributed by atoms with E-state index >= 15 is 0 Å². The van der Waals surface area contributed by atoms with Gasteiger partial charge in [-0.25, -0.2) is 0 Å². The summed E-state index contributed by atoms with van der Waals surface area (Å²) in [6.45, 7) is 2.76. The van der Waals surface area contributed by atoms with Crippen LogP contribution >= 0.6 is 0 Å². The smallest absolute Gasteiger partial charge is 0.0977 e. The van der Waals surface area contributed by atoms with Gasteiger partial charge in [0, 0.05) is 31.6 Å². The number of hydrogen-bond acceptors (Lipinski definition) is 3. The van der Waals surface area contributed by atoms with Gasteiger partial charge in [-0.2, -0.15) is 5.10 Å². The van der Waals surface area contributed by atoms with Crippen LogP contribution < -0.4 is 5.32 Å². The Balaban J connectivity index is 2.07. The van der Waals surface area contributed by atoms with E-state index in [-0.39, 0.29) is 12.1 Å². The van der Waals surface area contributed by atoms with Gasteiger partial charge in [0.25, 0.3) is 0 Å². The van der Waals surface area contributed by atoms with Crippen molar-refractivity contribution in [3.8, 4) is 0 Å². The molecule has 0 bridgehead atoms. The lowest BCUT2D eigenvalue weighted by Gasteiger charge is -2.27. The average molecular weight is 287 g/mol. The molecule has 4 heteroatoms. The minimum atomic E-state index is 0.0782. The fourth-order valence-electron chi connectivity index (χ4n) is 2.66. The summed E-state index contributed by atoms with van der Waals surface area (Å²) in [4.78, 5) is 0. The Morgan fingerprint density at radius 2 is 2.00 bits per heavy atom. The van der Waals surface area contributed by atoms with Gasteiger partial charge in [0.2, 0.25) is 0 Å². The minimum Gasteiger partial charge on any atom is -0.372 e. The molecule has 0 spiro atoms. The molecule has 2 atom stereocenters. The number of aromatic nitrogens is 2. The lowest BCUT2D eigenvalue weighted by Crippen LogP contribution is -2.34. The lowest BCUT2D eigenvalue weighted by molar-refractivity contribution is 0.0329. The van der Waals surface area contributed by atoms with E-state index in [0.717, 1.165) is 12.8 Å². The van der Waals surface area contributed by atoms with Crippen molar-refractivity contribution in [2.75, 3.05) is 13.7 Å². The molecule has 1 heterocycles. The summed E-state index contributed by atoms with van der Waals surface area (Å²) < 4.78 is 7.93. The van der Waals surface area contributed by atoms with Gasteiger partial charge in [0.15, 0.2) is 0 Å². The molecule has 2 aromatic rings. The molecule has 114 valence electrons. The van der Waals surface area contributed by atoms with E-state index in [4.69, 9.17) is 4.74 Å². The second-order valence-electron chi connectivity index (χ2n) is 5.17. The zero-order valence-electron chi connectivity index (χ0n) is 13.1. The average Bonchev–Trinajstić information content (AvgIpc) is 2.93. The highest BCUT2D eigenvalue weighted by Gasteiger charge is 2.22. The number of nitrogens with zero attached hydrogens (tertiary/aromatic N) is 2. The minimum absolute atomic E-state index is 0.0782. The van der Waals surface area contributed by atoms with Crippen LogP contribution in [0.25, 0.3) is 0 Å². The first-order valence-electron chi connectivity index (χ1n) is 7.57. The van der Waals surface area contributed by atoms with Crippen LogP contribution in [0.15, 0.2) is 42.6 Å². The molecule has 0 fully saturated rings. The van der Waals surface area contributed by atoms with Crippen LogP contribution in [0.3, 0.4) is 0 Å². The second kappa shape index (κ2) is 7.96. The van der Waals surface area contributed by atoms with Crippen molar-refractivity contribution < 1.29 is 4.74 Å². The zero-order chi connectivity index (χ0) is 15.1. The maximum absolute atomic E-state index is 6.00. The van der Waals surface area contributed by atoms with Crippen molar-refractivity contribution in [2.45, 2.75) is 31.9 Å². The summed E-state index contributed by atoms with van der Waals surface area (Å²) in [5.74, 6) is 0. The van der Waals surface area contributed by atoms with Gasteiger partial charge in [-0.1, -0.05) is 30.3 Å². The molecule has 2 unspecified atom stereocenters. The van der Waals surface area contributed by atoms with Crippen LogP contribution in [0, 0.1) is 0 Å². The highest BCUT2D eigenvalue weighted by molar-refractivity contribution is 5.19. The molecule has 1 aromatic carbocycles. The van der Waals surface area contributed by atoms with E-state index < -0.39 is 0 Å². The van der Waals surface area contributed by atoms with Crippen LogP contribution in [0.2, 0.25) is 0 Å². The number of nitrogens with one attached hydrogen (secondary N) is 1. The number of likely N-dealkylation sites (N-methyl/N-ethyl adjacent to an activating group) is 1. The molecular weight excluding hydrogens is 262 g/mol. The van der Waals surface area contributed by atoms with Crippen molar-refractivity contribution >= 4 is 0 Å². The maximum Gasteiger partial charge on any atom is 0.0977 e. The van der Waals surface area contributed by atoms with E-state index in [1.54, 1.807) is 0 Å². The predicted molar refractivity (Wildman–Crippen MR) is 85.2 cm³/mol. The Morgan fingerprint density at radius 3 is 2.57 bits per heavy atom. The molecule has 0 aliphatic carbocycles. The highest BCUT2D eigenvalue weighted by Crippen LogP contribution is 2.24. The van der Waals surface area contributed by atoms with E-state index in [1.165, 1.54) is 11.3 Å². The fraction of sp³-hybridized carbons (Fsp3) is 0.471. The number of hydrogen-bond donors (Lipinski definition) is 1. The third-order valence-electron chi connectivity index (χ3n) is 3.84. The summed E-state index contributed by atoms with van der Waals surface area (Å²) >= 11 is 0. The van der Waals surface area contributed by atoms with Crippen molar-refractivity contribution in [1.29, 1.82) is 0 Å². The van der Waals surface area contributed by atoms with E-state index in [1.807, 2.05) is 38.0 Å². The van der Waals surface area contributed by atoms with Gasteiger partial charge in [0.1, 0.15) is 0 Å². The first-order chi connectivity index (χ1) is 10.3. The normalized spacial score (nSPS) is 14.0. The molecule has 0 radical (unpaired) electrons. The molecule has 1 aromatic heterocycles. The molecule has 4 nitrogen and oxygen atoms in total. The number of ether oxygens (including phenoxy) is 1. The summed E-state index contributed by atoms with van der Waals surface area (Å²) in [6, 6.07) is 12.8. The van der Waals surface area contributed by atoms with Crippen molar-refractivity contribution in [3.05, 3.63) is 53.9 Å². The molecule has 1 N–H and O–H groups in total. The third-order valence-corrected chi connectivity index (χ3v) is 3.84. The second-order valence-corrected chi connectivity index (χ2v) is 5.17. The molecule has 0 saturated carbocycles. The highest BCUT2D eigenvalue weighted by atomic mass is 16.5. The maximum atomic E-state index is 6.00. The van der Waals surface area contributed by atoms with Crippen molar-refractivity contribution in [3.63, 3.8) is 0 Å². The molecule has 0 aliphatic heterocycles. The summed E-state index contributed by atoms with van der Waals surface area (Å²) in [7, 11) is 3.99. The van der Waals surface area contributed by atoms with E-state index in [2.05, 4.69) is 40.7 Å². The number of aryl methyl sites for hydroxylation is 2. The van der Waals surface area contributed by atoms with Gasteiger partial charge in [0.05, 0.1) is 6.10 Å². The topological polar surface area (TPSA) is 39.1 Å². The largest absolute Gasteiger partial charge is 0.372 e. The van der Waals surface area contributed by atoms with Crippen LogP contribution in [0.5, 0.6) is 0 Å². The van der Waals surface area contributed by atoms with Crippen molar-refractivity contribution in [2.24, 2.45) is 7.05 Å². The number of benzene rings is 1. The Morgan fingerprint density at radius 1 is 1.24 bits per heavy atom.